The summed E-state index contributed by atoms with van der Waals surface area (Å²) in [6.07, 6.45) is -3.27. The lowest BCUT2D eigenvalue weighted by molar-refractivity contribution is -0.161. The molecule has 7 rings (SSSR count). The number of cyclic esters (lactones) is 1. The van der Waals surface area contributed by atoms with Gasteiger partial charge in [0.1, 0.15) is 66.2 Å². The molecule has 17 N–H and O–H groups in total. The zero-order chi connectivity index (χ0) is 66.0. The van der Waals surface area contributed by atoms with Crippen molar-refractivity contribution >= 4 is 98.9 Å². The van der Waals surface area contributed by atoms with Gasteiger partial charge in [-0.25, -0.2) is 4.79 Å². The Morgan fingerprint density at radius 1 is 0.767 bits per heavy atom. The van der Waals surface area contributed by atoms with E-state index in [0.717, 1.165) is 23.6 Å². The largest absolute Gasteiger partial charge is 0.480 e. The van der Waals surface area contributed by atoms with Gasteiger partial charge in [-0.05, 0) is 69.7 Å². The number of aliphatic carboxylic acids is 1. The molecule has 90 heavy (non-hydrogen) atoms. The molecule has 2 aromatic carbocycles. The van der Waals surface area contributed by atoms with Crippen molar-refractivity contribution in [2.24, 2.45) is 11.7 Å². The number of nitrogens with zero attached hydrogens (tertiary/aromatic N) is 2. The van der Waals surface area contributed by atoms with E-state index in [9.17, 15) is 68.7 Å². The van der Waals surface area contributed by atoms with E-state index in [1.54, 1.807) is 81.7 Å². The number of nitrogens with one attached hydrogen (secondary N) is 10. The predicted molar refractivity (Wildman–Crippen MR) is 318 cm³/mol. The molecule has 4 aromatic rings. The quantitative estimate of drug-likeness (QED) is 0.0449. The second-order valence-electron chi connectivity index (χ2n) is 22.9. The summed E-state index contributed by atoms with van der Waals surface area (Å²) >= 11 is 0. The fourth-order valence-corrected chi connectivity index (χ4v) is 10.9. The zero-order valence-corrected chi connectivity index (χ0v) is 50.2. The third-order valence-corrected chi connectivity index (χ3v) is 16.1. The number of carbonyl (C=O) groups excluding carboxylic acids is 11. The molecule has 3 aliphatic heterocycles. The van der Waals surface area contributed by atoms with Crippen molar-refractivity contribution in [3.05, 3.63) is 77.7 Å². The number of carboxylic acids is 1. The highest BCUT2D eigenvalue weighted by molar-refractivity contribution is 6.07. The van der Waals surface area contributed by atoms with Gasteiger partial charge in [0.25, 0.3) is 5.91 Å². The van der Waals surface area contributed by atoms with Crippen LogP contribution in [0.2, 0.25) is 0 Å². The summed E-state index contributed by atoms with van der Waals surface area (Å²) < 4.78 is 5.79. The lowest BCUT2D eigenvalue weighted by Crippen LogP contribution is -2.63. The summed E-state index contributed by atoms with van der Waals surface area (Å²) in [5, 5.41) is 73.8. The van der Waals surface area contributed by atoms with Crippen LogP contribution in [0.15, 0.2) is 66.6 Å². The number of carboxylic acid groups (broad SMARTS) is 1. The Labute approximate surface area is 515 Å². The number of H-pyrrole nitrogens is 2. The fourth-order valence-electron chi connectivity index (χ4n) is 10.9. The topological polar surface area (TPSA) is 476 Å². The molecular formula is C59H77N13O18. The molecule has 0 radical (unpaired) electrons. The van der Waals surface area contributed by atoms with Crippen LogP contribution < -0.4 is 48.3 Å². The number of para-hydroxylation sites is 2. The van der Waals surface area contributed by atoms with Gasteiger partial charge in [0.15, 0.2) is 0 Å². The van der Waals surface area contributed by atoms with E-state index in [0.29, 0.717) is 32.9 Å². The van der Waals surface area contributed by atoms with Crippen molar-refractivity contribution in [3.63, 3.8) is 0 Å². The van der Waals surface area contributed by atoms with E-state index in [4.69, 9.17) is 10.5 Å². The molecular weight excluding hydrogens is 1180 g/mol. The molecule has 14 unspecified atom stereocenters. The summed E-state index contributed by atoms with van der Waals surface area (Å²) in [6, 6.07) is -1.92. The molecule has 0 aliphatic carbocycles. The van der Waals surface area contributed by atoms with Gasteiger partial charge in [0, 0.05) is 58.8 Å². The maximum atomic E-state index is 15.3. The van der Waals surface area contributed by atoms with Crippen molar-refractivity contribution in [2.45, 2.75) is 152 Å². The molecule has 3 saturated heterocycles. The van der Waals surface area contributed by atoms with Crippen LogP contribution in [0.3, 0.4) is 0 Å². The maximum absolute atomic E-state index is 15.3. The van der Waals surface area contributed by atoms with Gasteiger partial charge in [-0.1, -0.05) is 57.2 Å². The molecule has 3 fully saturated rings. The minimum absolute atomic E-state index is 0.0938. The van der Waals surface area contributed by atoms with Crippen LogP contribution in [-0.2, 0) is 62.3 Å². The number of aromatic amines is 2. The SMILES string of the molecule is CC1NC(=O)C(C(C)O)NC(=O)C(NC(=O)C(CO)NC(=O)CC(N)C(=O)O)C(C)OC(=O)C2CCCN2C(=O)C(C(O)C(C)C)NC(=O)C(C(C)c2c[nH]c3ccccc23)NC(=O)/C(=C\c2c[nH]c3ccccc23)NC(=O)C2C(O)CCN2C(=O)CNC1=O. The highest BCUT2D eigenvalue weighted by Crippen LogP contribution is 2.30. The van der Waals surface area contributed by atoms with Crippen LogP contribution in [0.4, 0.5) is 0 Å². The van der Waals surface area contributed by atoms with Crippen molar-refractivity contribution in [3.8, 4) is 0 Å². The normalized spacial score (nSPS) is 26.3. The Balaban J connectivity index is 1.30. The van der Waals surface area contributed by atoms with E-state index in [1.807, 2.05) is 0 Å². The summed E-state index contributed by atoms with van der Waals surface area (Å²) in [5.41, 5.74) is 7.14. The van der Waals surface area contributed by atoms with Gasteiger partial charge in [-0.2, -0.15) is 0 Å². The van der Waals surface area contributed by atoms with Crippen molar-refractivity contribution < 1.29 is 87.8 Å². The number of benzene rings is 2. The van der Waals surface area contributed by atoms with Crippen molar-refractivity contribution in [2.75, 3.05) is 26.2 Å². The van der Waals surface area contributed by atoms with E-state index in [-0.39, 0.29) is 32.4 Å². The van der Waals surface area contributed by atoms with Gasteiger partial charge < -0.3 is 98.3 Å². The van der Waals surface area contributed by atoms with Crippen LogP contribution >= 0.6 is 0 Å². The second kappa shape index (κ2) is 29.8. The van der Waals surface area contributed by atoms with Crippen molar-refractivity contribution in [1.82, 2.24) is 62.3 Å². The molecule has 486 valence electrons. The molecule has 0 bridgehead atoms. The van der Waals surface area contributed by atoms with Gasteiger partial charge in [0.2, 0.25) is 53.2 Å². The lowest BCUT2D eigenvalue weighted by Gasteiger charge is -2.34. The standard InChI is InChI=1S/C59H77N13O18/c1-26(2)49(78)47-57(86)71-18-11-16-40(71)59(89)90-30(6)46(69-52(81)39(25-73)65-42(76)21-35(60)58(87)88)55(84)68-45(29(5)74)54(83)64-28(4)50(79)63-24-43(77)72-19-17-41(75)48(72)56(85)66-38(20-31-22-61-36-14-9-7-12-32(31)36)51(80)67-44(53(82)70-47)27(3)34-23-62-37-15-10-8-13-33(34)37/h7-10,12-15,20,22-23,26-30,35,39-41,44-49,61-62,73-75,78H,11,16-19,21,24-25,60H2,1-6H3,(H,63,79)(H,64,83)(H,65,76)(H,66,85)(H,67,80)(H,68,84)(H,69,81)(H,70,82)(H,87,88)/b38-20+. The number of aliphatic hydroxyl groups excluding tert-OH is 4. The summed E-state index contributed by atoms with van der Waals surface area (Å²) in [4.78, 5) is 176. The van der Waals surface area contributed by atoms with Crippen LogP contribution in [-0.4, -0.2) is 221 Å². The first-order valence-corrected chi connectivity index (χ1v) is 29.3. The zero-order valence-electron chi connectivity index (χ0n) is 50.2. The van der Waals surface area contributed by atoms with Crippen LogP contribution in [0, 0.1) is 5.92 Å². The number of hydrogen-bond donors (Lipinski definition) is 16. The number of carbonyl (C=O) groups is 12. The smallest absolute Gasteiger partial charge is 0.329 e. The third-order valence-electron chi connectivity index (χ3n) is 16.1. The Bertz CT molecular complexity index is 3420. The molecule has 0 saturated carbocycles. The molecule has 14 atom stereocenters. The minimum Gasteiger partial charge on any atom is -0.480 e. The fraction of sp³-hybridized carbons (Fsp3) is 0.492. The van der Waals surface area contributed by atoms with Crippen LogP contribution in [0.1, 0.15) is 84.3 Å². The Morgan fingerprint density at radius 2 is 1.40 bits per heavy atom. The van der Waals surface area contributed by atoms with E-state index in [1.165, 1.54) is 13.0 Å². The first kappa shape index (κ1) is 68.2. The Kier molecular flexibility index (Phi) is 22.6. The van der Waals surface area contributed by atoms with Gasteiger partial charge in [0.05, 0.1) is 37.9 Å². The number of fused-ring (bicyclic) bond motifs is 4. The van der Waals surface area contributed by atoms with Gasteiger partial charge >= 0.3 is 11.9 Å². The molecule has 31 heteroatoms. The van der Waals surface area contributed by atoms with E-state index in [2.05, 4.69) is 52.5 Å². The number of rotatable bonds is 13. The van der Waals surface area contributed by atoms with Crippen LogP contribution in [0.25, 0.3) is 27.9 Å². The number of aromatic nitrogens is 2. The first-order chi connectivity index (χ1) is 42.6. The number of amides is 10. The number of nitrogens with two attached hydrogens (primary N) is 1. The third kappa shape index (κ3) is 15.9. The average molecular weight is 1260 g/mol. The molecule has 0 spiro atoms. The number of esters is 1. The first-order valence-electron chi connectivity index (χ1n) is 29.3. The molecule has 10 amide bonds. The number of aliphatic hydroxyl groups is 4. The van der Waals surface area contributed by atoms with Crippen LogP contribution in [0.5, 0.6) is 0 Å². The summed E-state index contributed by atoms with van der Waals surface area (Å²) in [7, 11) is 0. The molecule has 31 nitrogen and oxygen atoms in total. The Morgan fingerprint density at radius 3 is 2.06 bits per heavy atom. The Hall–Kier alpha value is -9.30. The predicted octanol–water partition coefficient (Wildman–Crippen LogP) is -3.96. The molecule has 5 heterocycles. The van der Waals surface area contributed by atoms with Gasteiger partial charge in [-0.15, -0.1) is 0 Å². The summed E-state index contributed by atoms with van der Waals surface area (Å²) in [5.74, 6) is -15.6. The highest BCUT2D eigenvalue weighted by atomic mass is 16.5. The van der Waals surface area contributed by atoms with Crippen molar-refractivity contribution in [1.29, 1.82) is 0 Å². The molecule has 2 aromatic heterocycles. The average Bonchev–Trinajstić information content (AvgIpc) is 2.07. The monoisotopic (exact) mass is 1260 g/mol. The number of ether oxygens (including phenoxy) is 1. The number of hydrogen-bond acceptors (Lipinski definition) is 18. The molecule has 3 aliphatic rings. The highest BCUT2D eigenvalue weighted by Gasteiger charge is 2.46. The maximum Gasteiger partial charge on any atom is 0.329 e. The lowest BCUT2D eigenvalue weighted by atomic mass is 9.91. The van der Waals surface area contributed by atoms with E-state index >= 15 is 14.4 Å². The summed E-state index contributed by atoms with van der Waals surface area (Å²) in [6.45, 7) is 5.71. The minimum atomic E-state index is -2.10. The van der Waals surface area contributed by atoms with E-state index < -0.39 is 187 Å². The second-order valence-corrected chi connectivity index (χ2v) is 22.9. The van der Waals surface area contributed by atoms with Gasteiger partial charge in [-0.3, -0.25) is 52.7 Å².